The van der Waals surface area contributed by atoms with Crippen molar-refractivity contribution in [3.05, 3.63) is 36.0 Å². The molecule has 0 amide bonds. The van der Waals surface area contributed by atoms with E-state index >= 15 is 0 Å². The van der Waals surface area contributed by atoms with Gasteiger partial charge in [-0.15, -0.1) is 0 Å². The molecule has 4 N–H and O–H groups in total. The Hall–Kier alpha value is -2.74. The zero-order valence-corrected chi connectivity index (χ0v) is 15.9. The lowest BCUT2D eigenvalue weighted by molar-refractivity contribution is 0.0291. The second kappa shape index (κ2) is 8.52. The van der Waals surface area contributed by atoms with Crippen LogP contribution in [-0.2, 0) is 10.0 Å². The number of ether oxygens (including phenoxy) is 1. The van der Waals surface area contributed by atoms with Crippen LogP contribution in [-0.4, -0.2) is 35.7 Å². The van der Waals surface area contributed by atoms with Gasteiger partial charge in [-0.2, -0.15) is 10.2 Å². The number of benzene rings is 1. The predicted molar refractivity (Wildman–Crippen MR) is 101 cm³/mol. The highest BCUT2D eigenvalue weighted by molar-refractivity contribution is 7.89. The van der Waals surface area contributed by atoms with Gasteiger partial charge < -0.3 is 15.2 Å². The lowest BCUT2D eigenvalue weighted by Gasteiger charge is -2.22. The normalized spacial score (nSPS) is 20.0. The summed E-state index contributed by atoms with van der Waals surface area (Å²) in [4.78, 5) is 8.32. The van der Waals surface area contributed by atoms with Crippen LogP contribution in [0, 0.1) is 11.3 Å². The van der Waals surface area contributed by atoms with E-state index in [1.807, 2.05) is 6.07 Å². The first-order valence-electron chi connectivity index (χ1n) is 8.88. The standard InChI is InChI=1S/C18H21N5O4S/c19-10-12-11-21-18(22-13-6-8-14(9-7-13)28(20,25)26)23-17(12)27-16-5-3-1-2-4-15(16)24/h6-9,11,15-16,24H,1-5H2,(H2,20,25,26)(H,21,22,23)/t15-,16+/m0/s1. The van der Waals surface area contributed by atoms with Crippen LogP contribution in [0.5, 0.6) is 5.88 Å². The van der Waals surface area contributed by atoms with Gasteiger partial charge in [-0.25, -0.2) is 18.5 Å². The van der Waals surface area contributed by atoms with Gasteiger partial charge in [0.25, 0.3) is 0 Å². The molecular formula is C18H21N5O4S. The fraction of sp³-hybridized carbons (Fsp3) is 0.389. The van der Waals surface area contributed by atoms with E-state index in [4.69, 9.17) is 9.88 Å². The van der Waals surface area contributed by atoms with Gasteiger partial charge in [0, 0.05) is 5.69 Å². The number of primary sulfonamides is 1. The molecule has 28 heavy (non-hydrogen) atoms. The van der Waals surface area contributed by atoms with Gasteiger partial charge in [0.2, 0.25) is 21.9 Å². The van der Waals surface area contributed by atoms with Crippen LogP contribution in [0.2, 0.25) is 0 Å². The molecule has 0 bridgehead atoms. The van der Waals surface area contributed by atoms with Crippen LogP contribution in [0.3, 0.4) is 0 Å². The number of sulfonamides is 1. The average Bonchev–Trinajstić information content (AvgIpc) is 2.86. The lowest BCUT2D eigenvalue weighted by Crippen LogP contribution is -2.31. The SMILES string of the molecule is N#Cc1cnc(Nc2ccc(S(N)(=O)=O)cc2)nc1O[C@@H]1CCCCC[C@@H]1O. The molecule has 1 saturated carbocycles. The number of aromatic nitrogens is 2. The van der Waals surface area contributed by atoms with E-state index < -0.39 is 22.2 Å². The van der Waals surface area contributed by atoms with Gasteiger partial charge in [0.05, 0.1) is 17.2 Å². The molecular weight excluding hydrogens is 382 g/mol. The molecule has 0 radical (unpaired) electrons. The van der Waals surface area contributed by atoms with Crippen molar-refractivity contribution in [2.75, 3.05) is 5.32 Å². The molecule has 1 aliphatic rings. The van der Waals surface area contributed by atoms with E-state index in [1.54, 1.807) is 0 Å². The zero-order chi connectivity index (χ0) is 20.1. The Morgan fingerprint density at radius 1 is 1.21 bits per heavy atom. The minimum Gasteiger partial charge on any atom is -0.471 e. The van der Waals surface area contributed by atoms with Gasteiger partial charge in [-0.05, 0) is 43.5 Å². The molecule has 2 atom stereocenters. The van der Waals surface area contributed by atoms with Crippen molar-refractivity contribution < 1.29 is 18.3 Å². The number of aliphatic hydroxyl groups excluding tert-OH is 1. The molecule has 0 saturated heterocycles. The molecule has 1 aromatic carbocycles. The summed E-state index contributed by atoms with van der Waals surface area (Å²) in [6.07, 6.45) is 4.57. The Morgan fingerprint density at radius 2 is 1.93 bits per heavy atom. The Kier molecular flexibility index (Phi) is 6.08. The number of hydrogen-bond donors (Lipinski definition) is 3. The molecule has 9 nitrogen and oxygen atoms in total. The van der Waals surface area contributed by atoms with Crippen molar-refractivity contribution in [2.24, 2.45) is 5.14 Å². The first-order chi connectivity index (χ1) is 13.4. The molecule has 0 aliphatic heterocycles. The van der Waals surface area contributed by atoms with Crippen LogP contribution >= 0.6 is 0 Å². The maximum atomic E-state index is 11.3. The predicted octanol–water partition coefficient (Wildman–Crippen LogP) is 1.81. The zero-order valence-electron chi connectivity index (χ0n) is 15.1. The molecule has 1 fully saturated rings. The summed E-state index contributed by atoms with van der Waals surface area (Å²) in [5, 5.41) is 27.5. The van der Waals surface area contributed by atoms with Crippen LogP contribution in [0.4, 0.5) is 11.6 Å². The number of aliphatic hydroxyl groups is 1. The van der Waals surface area contributed by atoms with Gasteiger partial charge in [0.15, 0.2) is 0 Å². The number of rotatable bonds is 5. The van der Waals surface area contributed by atoms with Crippen LogP contribution in [0.15, 0.2) is 35.4 Å². The monoisotopic (exact) mass is 403 g/mol. The molecule has 148 valence electrons. The quantitative estimate of drug-likeness (QED) is 0.639. The third kappa shape index (κ3) is 4.95. The van der Waals surface area contributed by atoms with E-state index in [-0.39, 0.29) is 22.3 Å². The van der Waals surface area contributed by atoms with Crippen molar-refractivity contribution in [1.29, 1.82) is 5.26 Å². The van der Waals surface area contributed by atoms with E-state index in [0.29, 0.717) is 18.5 Å². The van der Waals surface area contributed by atoms with Crippen molar-refractivity contribution >= 4 is 21.7 Å². The van der Waals surface area contributed by atoms with Crippen molar-refractivity contribution in [3.8, 4) is 11.9 Å². The summed E-state index contributed by atoms with van der Waals surface area (Å²) in [5.74, 6) is 0.285. The lowest BCUT2D eigenvalue weighted by atomic mass is 10.1. The average molecular weight is 403 g/mol. The van der Waals surface area contributed by atoms with Crippen LogP contribution in [0.1, 0.15) is 37.7 Å². The fourth-order valence-electron chi connectivity index (χ4n) is 2.98. The molecule has 0 unspecified atom stereocenters. The number of nitrogens with zero attached hydrogens (tertiary/aromatic N) is 3. The van der Waals surface area contributed by atoms with Crippen LogP contribution in [0.25, 0.3) is 0 Å². The Balaban J connectivity index is 1.79. The minimum absolute atomic E-state index is 0.00910. The fourth-order valence-corrected chi connectivity index (χ4v) is 3.50. The number of nitriles is 1. The van der Waals surface area contributed by atoms with Gasteiger partial charge in [-0.3, -0.25) is 0 Å². The number of hydrogen-bond acceptors (Lipinski definition) is 8. The molecule has 0 spiro atoms. The summed E-state index contributed by atoms with van der Waals surface area (Å²) >= 11 is 0. The highest BCUT2D eigenvalue weighted by atomic mass is 32.2. The van der Waals surface area contributed by atoms with E-state index in [0.717, 1.165) is 19.3 Å². The van der Waals surface area contributed by atoms with Gasteiger partial charge in [0.1, 0.15) is 17.7 Å². The van der Waals surface area contributed by atoms with E-state index in [2.05, 4.69) is 15.3 Å². The molecule has 10 heteroatoms. The number of nitrogens with one attached hydrogen (secondary N) is 1. The Labute approximate surface area is 163 Å². The molecule has 3 rings (SSSR count). The second-order valence-corrected chi connectivity index (χ2v) is 8.14. The molecule has 1 aliphatic carbocycles. The first-order valence-corrected chi connectivity index (χ1v) is 10.4. The number of nitrogens with two attached hydrogens (primary N) is 1. The summed E-state index contributed by atoms with van der Waals surface area (Å²) in [6.45, 7) is 0. The maximum absolute atomic E-state index is 11.3. The van der Waals surface area contributed by atoms with Crippen molar-refractivity contribution in [2.45, 2.75) is 49.2 Å². The van der Waals surface area contributed by atoms with Gasteiger partial charge in [-0.1, -0.05) is 12.8 Å². The highest BCUT2D eigenvalue weighted by Gasteiger charge is 2.25. The topological polar surface area (TPSA) is 151 Å². The smallest absolute Gasteiger partial charge is 0.238 e. The third-order valence-corrected chi connectivity index (χ3v) is 5.42. The largest absolute Gasteiger partial charge is 0.471 e. The van der Waals surface area contributed by atoms with E-state index in [9.17, 15) is 18.8 Å². The Bertz CT molecular complexity index is 972. The van der Waals surface area contributed by atoms with Crippen molar-refractivity contribution in [1.82, 2.24) is 9.97 Å². The molecule has 1 aromatic heterocycles. The number of anilines is 2. The maximum Gasteiger partial charge on any atom is 0.238 e. The first kappa shape index (κ1) is 20.0. The second-order valence-electron chi connectivity index (χ2n) is 6.58. The third-order valence-electron chi connectivity index (χ3n) is 4.49. The summed E-state index contributed by atoms with van der Waals surface area (Å²) in [5.41, 5.74) is 0.712. The highest BCUT2D eigenvalue weighted by Crippen LogP contribution is 2.25. The Morgan fingerprint density at radius 3 is 2.61 bits per heavy atom. The molecule has 1 heterocycles. The van der Waals surface area contributed by atoms with Crippen LogP contribution < -0.4 is 15.2 Å². The summed E-state index contributed by atoms with van der Waals surface area (Å²) < 4.78 is 28.5. The summed E-state index contributed by atoms with van der Waals surface area (Å²) in [7, 11) is -3.77. The molecule has 2 aromatic rings. The minimum atomic E-state index is -3.77. The van der Waals surface area contributed by atoms with Crippen molar-refractivity contribution in [3.63, 3.8) is 0 Å². The summed E-state index contributed by atoms with van der Waals surface area (Å²) in [6, 6.07) is 7.76. The van der Waals surface area contributed by atoms with Gasteiger partial charge >= 0.3 is 0 Å². The van der Waals surface area contributed by atoms with E-state index in [1.165, 1.54) is 30.5 Å².